The van der Waals surface area contributed by atoms with Gasteiger partial charge in [0.2, 0.25) is 0 Å². The Bertz CT molecular complexity index is 547. The Morgan fingerprint density at radius 2 is 2.11 bits per heavy atom. The zero-order valence-corrected chi connectivity index (χ0v) is 11.7. The van der Waals surface area contributed by atoms with Crippen LogP contribution in [0.5, 0.6) is 0 Å². The van der Waals surface area contributed by atoms with Gasteiger partial charge in [0.15, 0.2) is 5.82 Å². The third kappa shape index (κ3) is 3.02. The Kier molecular flexibility index (Phi) is 4.22. The largest absolute Gasteiger partial charge is 0.378 e. The first-order valence-corrected chi connectivity index (χ1v) is 6.18. The van der Waals surface area contributed by atoms with E-state index in [9.17, 15) is 0 Å². The van der Waals surface area contributed by atoms with Gasteiger partial charge >= 0.3 is 0 Å². The van der Waals surface area contributed by atoms with Crippen molar-refractivity contribution in [3.8, 4) is 11.4 Å². The molecule has 0 aliphatic rings. The van der Waals surface area contributed by atoms with Crippen molar-refractivity contribution in [2.45, 2.75) is 6.61 Å². The number of pyridine rings is 1. The molecule has 18 heavy (non-hydrogen) atoms. The maximum atomic E-state index is 5.10. The lowest BCUT2D eigenvalue weighted by Crippen LogP contribution is -2.02. The Morgan fingerprint density at radius 3 is 2.78 bits per heavy atom. The average Bonchev–Trinajstić information content (AvgIpc) is 2.39. The van der Waals surface area contributed by atoms with Crippen molar-refractivity contribution in [3.63, 3.8) is 0 Å². The van der Waals surface area contributed by atoms with E-state index in [1.54, 1.807) is 19.5 Å². The molecule has 0 unspecified atom stereocenters. The van der Waals surface area contributed by atoms with Gasteiger partial charge in [-0.3, -0.25) is 4.98 Å². The lowest BCUT2D eigenvalue weighted by molar-refractivity contribution is 0.181. The van der Waals surface area contributed by atoms with E-state index in [1.807, 2.05) is 19.2 Å². The normalized spacial score (nSPS) is 10.4. The number of methoxy groups -OCH3 is 1. The van der Waals surface area contributed by atoms with E-state index in [-0.39, 0.29) is 0 Å². The molecule has 0 spiro atoms. The number of rotatable bonds is 4. The summed E-state index contributed by atoms with van der Waals surface area (Å²) in [5.41, 5.74) is 1.69. The molecule has 2 aromatic rings. The van der Waals surface area contributed by atoms with Crippen molar-refractivity contribution in [2.24, 2.45) is 0 Å². The smallest absolute Gasteiger partial charge is 0.163 e. The van der Waals surface area contributed by atoms with E-state index in [0.717, 1.165) is 21.5 Å². The van der Waals surface area contributed by atoms with E-state index in [2.05, 4.69) is 36.2 Å². The van der Waals surface area contributed by atoms with Gasteiger partial charge in [-0.05, 0) is 22.0 Å². The van der Waals surface area contributed by atoms with Crippen LogP contribution >= 0.6 is 15.9 Å². The maximum absolute atomic E-state index is 5.10. The third-order valence-corrected chi connectivity index (χ3v) is 2.72. The van der Waals surface area contributed by atoms with E-state index in [1.165, 1.54) is 0 Å². The van der Waals surface area contributed by atoms with Crippen LogP contribution in [0.2, 0.25) is 0 Å². The number of aromatic nitrogens is 3. The summed E-state index contributed by atoms with van der Waals surface area (Å²) in [6, 6.07) is 3.79. The summed E-state index contributed by atoms with van der Waals surface area (Å²) >= 11 is 3.39. The Labute approximate surface area is 114 Å². The molecule has 1 N–H and O–H groups in total. The number of ether oxygens (including phenoxy) is 1. The summed E-state index contributed by atoms with van der Waals surface area (Å²) in [5.74, 6) is 1.38. The van der Waals surface area contributed by atoms with Crippen LogP contribution in [0, 0.1) is 0 Å². The standard InChI is InChI=1S/C12H13BrN4O/c1-14-11-4-10(7-18-2)16-12(17-11)8-3-9(13)6-15-5-8/h3-6H,7H2,1-2H3,(H,14,16,17). The minimum atomic E-state index is 0.450. The minimum Gasteiger partial charge on any atom is -0.378 e. The zero-order chi connectivity index (χ0) is 13.0. The molecule has 2 rings (SSSR count). The van der Waals surface area contributed by atoms with Crippen LogP contribution in [0.3, 0.4) is 0 Å². The number of nitrogens with zero attached hydrogens (tertiary/aromatic N) is 3. The number of hydrogen-bond donors (Lipinski definition) is 1. The molecule has 0 saturated carbocycles. The number of halogens is 1. The quantitative estimate of drug-likeness (QED) is 0.940. The van der Waals surface area contributed by atoms with Crippen LogP contribution in [-0.4, -0.2) is 29.1 Å². The molecule has 0 aliphatic carbocycles. The van der Waals surface area contributed by atoms with Crippen LogP contribution in [-0.2, 0) is 11.3 Å². The first-order chi connectivity index (χ1) is 8.72. The molecule has 5 nitrogen and oxygen atoms in total. The van der Waals surface area contributed by atoms with E-state index in [0.29, 0.717) is 12.4 Å². The second kappa shape index (κ2) is 5.88. The summed E-state index contributed by atoms with van der Waals surface area (Å²) in [7, 11) is 3.46. The van der Waals surface area contributed by atoms with Gasteiger partial charge in [-0.2, -0.15) is 0 Å². The molecular formula is C12H13BrN4O. The van der Waals surface area contributed by atoms with Crippen molar-refractivity contribution in [1.29, 1.82) is 0 Å². The molecule has 0 aromatic carbocycles. The molecule has 0 bridgehead atoms. The SMILES string of the molecule is CNc1cc(COC)nc(-c2cncc(Br)c2)n1. The van der Waals surface area contributed by atoms with E-state index < -0.39 is 0 Å². The lowest BCUT2D eigenvalue weighted by Gasteiger charge is -2.07. The molecule has 2 heterocycles. The Hall–Kier alpha value is -1.53. The van der Waals surface area contributed by atoms with Gasteiger partial charge in [0, 0.05) is 42.7 Å². The van der Waals surface area contributed by atoms with Gasteiger partial charge in [0.1, 0.15) is 5.82 Å². The minimum absolute atomic E-state index is 0.450. The van der Waals surface area contributed by atoms with Crippen LogP contribution in [0.1, 0.15) is 5.69 Å². The predicted octanol–water partition coefficient (Wildman–Crippen LogP) is 2.49. The topological polar surface area (TPSA) is 59.9 Å². The van der Waals surface area contributed by atoms with Gasteiger partial charge in [0.05, 0.1) is 12.3 Å². The fraction of sp³-hybridized carbons (Fsp3) is 0.250. The second-order valence-electron chi connectivity index (χ2n) is 3.64. The highest BCUT2D eigenvalue weighted by Gasteiger charge is 2.07. The molecule has 6 heteroatoms. The van der Waals surface area contributed by atoms with Crippen LogP contribution in [0.15, 0.2) is 29.0 Å². The van der Waals surface area contributed by atoms with E-state index >= 15 is 0 Å². The van der Waals surface area contributed by atoms with Crippen LogP contribution in [0.25, 0.3) is 11.4 Å². The van der Waals surface area contributed by atoms with Crippen molar-refractivity contribution in [1.82, 2.24) is 15.0 Å². The predicted molar refractivity (Wildman–Crippen MR) is 73.2 cm³/mol. The first-order valence-electron chi connectivity index (χ1n) is 5.38. The highest BCUT2D eigenvalue weighted by molar-refractivity contribution is 9.10. The molecular weight excluding hydrogens is 296 g/mol. The molecule has 0 amide bonds. The number of anilines is 1. The van der Waals surface area contributed by atoms with Gasteiger partial charge < -0.3 is 10.1 Å². The number of nitrogens with one attached hydrogen (secondary N) is 1. The summed E-state index contributed by atoms with van der Waals surface area (Å²) in [6.45, 7) is 0.450. The van der Waals surface area contributed by atoms with Crippen molar-refractivity contribution in [3.05, 3.63) is 34.7 Å². The molecule has 0 atom stereocenters. The highest BCUT2D eigenvalue weighted by atomic mass is 79.9. The Balaban J connectivity index is 2.46. The highest BCUT2D eigenvalue weighted by Crippen LogP contribution is 2.20. The first kappa shape index (κ1) is 12.9. The second-order valence-corrected chi connectivity index (χ2v) is 4.56. The van der Waals surface area contributed by atoms with Crippen molar-refractivity contribution < 1.29 is 4.74 Å². The van der Waals surface area contributed by atoms with Crippen LogP contribution in [0.4, 0.5) is 5.82 Å². The molecule has 0 fully saturated rings. The monoisotopic (exact) mass is 308 g/mol. The average molecular weight is 309 g/mol. The summed E-state index contributed by atoms with van der Waals surface area (Å²) in [5, 5.41) is 3.01. The third-order valence-electron chi connectivity index (χ3n) is 2.29. The lowest BCUT2D eigenvalue weighted by atomic mass is 10.2. The fourth-order valence-electron chi connectivity index (χ4n) is 1.51. The molecule has 2 aromatic heterocycles. The van der Waals surface area contributed by atoms with Gasteiger partial charge in [-0.25, -0.2) is 9.97 Å². The molecule has 0 radical (unpaired) electrons. The fourth-order valence-corrected chi connectivity index (χ4v) is 1.88. The van der Waals surface area contributed by atoms with E-state index in [4.69, 9.17) is 4.74 Å². The van der Waals surface area contributed by atoms with Crippen molar-refractivity contribution in [2.75, 3.05) is 19.5 Å². The maximum Gasteiger partial charge on any atom is 0.163 e. The summed E-state index contributed by atoms with van der Waals surface area (Å²) < 4.78 is 5.99. The zero-order valence-electron chi connectivity index (χ0n) is 10.1. The van der Waals surface area contributed by atoms with Gasteiger partial charge in [0.25, 0.3) is 0 Å². The Morgan fingerprint density at radius 1 is 1.28 bits per heavy atom. The van der Waals surface area contributed by atoms with Gasteiger partial charge in [-0.1, -0.05) is 0 Å². The number of hydrogen-bond acceptors (Lipinski definition) is 5. The van der Waals surface area contributed by atoms with Gasteiger partial charge in [-0.15, -0.1) is 0 Å². The van der Waals surface area contributed by atoms with Crippen LogP contribution < -0.4 is 5.32 Å². The summed E-state index contributed by atoms with van der Waals surface area (Å²) in [6.07, 6.45) is 3.46. The molecule has 0 aliphatic heterocycles. The molecule has 94 valence electrons. The molecule has 0 saturated heterocycles. The van der Waals surface area contributed by atoms with Crippen molar-refractivity contribution >= 4 is 21.7 Å². The summed E-state index contributed by atoms with van der Waals surface area (Å²) in [4.78, 5) is 13.0.